The van der Waals surface area contributed by atoms with Crippen LogP contribution in [0, 0.1) is 5.82 Å². The molecule has 0 fully saturated rings. The highest BCUT2D eigenvalue weighted by molar-refractivity contribution is 9.10. The van der Waals surface area contributed by atoms with E-state index >= 15 is 0 Å². The summed E-state index contributed by atoms with van der Waals surface area (Å²) in [6.45, 7) is 2.31. The van der Waals surface area contributed by atoms with Gasteiger partial charge in [0.25, 0.3) is 0 Å². The second-order valence-electron chi connectivity index (χ2n) is 4.86. The molecule has 0 saturated heterocycles. The van der Waals surface area contributed by atoms with E-state index in [1.165, 1.54) is 12.1 Å². The summed E-state index contributed by atoms with van der Waals surface area (Å²) in [7, 11) is 0. The molecule has 0 spiro atoms. The molecule has 0 bridgehead atoms. The first-order valence-electron chi connectivity index (χ1n) is 6.46. The molecule has 0 saturated carbocycles. The SMILES string of the molecule is CC(N)Cc1ccc(OCc2cccc(F)c2)c(Br)c1. The smallest absolute Gasteiger partial charge is 0.134 e. The van der Waals surface area contributed by atoms with Gasteiger partial charge in [0.1, 0.15) is 18.2 Å². The fraction of sp³-hybridized carbons (Fsp3) is 0.250. The summed E-state index contributed by atoms with van der Waals surface area (Å²) in [5.74, 6) is 0.486. The lowest BCUT2D eigenvalue weighted by Gasteiger charge is -2.11. The van der Waals surface area contributed by atoms with E-state index in [4.69, 9.17) is 10.5 Å². The summed E-state index contributed by atoms with van der Waals surface area (Å²) >= 11 is 3.49. The summed E-state index contributed by atoms with van der Waals surface area (Å²) in [6.07, 6.45) is 0.822. The fourth-order valence-electron chi connectivity index (χ4n) is 1.95. The van der Waals surface area contributed by atoms with Gasteiger partial charge in [-0.15, -0.1) is 0 Å². The van der Waals surface area contributed by atoms with Crippen molar-refractivity contribution in [2.24, 2.45) is 5.73 Å². The molecule has 106 valence electrons. The standard InChI is InChI=1S/C16H17BrFNO/c1-11(19)7-12-5-6-16(15(17)9-12)20-10-13-3-2-4-14(18)8-13/h2-6,8-9,11H,7,10,19H2,1H3. The first-order chi connectivity index (χ1) is 9.54. The summed E-state index contributed by atoms with van der Waals surface area (Å²) in [5, 5.41) is 0. The predicted molar refractivity (Wildman–Crippen MR) is 82.2 cm³/mol. The molecule has 0 aliphatic heterocycles. The lowest BCUT2D eigenvalue weighted by atomic mass is 10.1. The Morgan fingerprint density at radius 3 is 2.65 bits per heavy atom. The Bertz CT molecular complexity index is 586. The second-order valence-corrected chi connectivity index (χ2v) is 5.72. The Morgan fingerprint density at radius 2 is 2.00 bits per heavy atom. The van der Waals surface area contributed by atoms with Crippen molar-refractivity contribution in [1.29, 1.82) is 0 Å². The van der Waals surface area contributed by atoms with Gasteiger partial charge in [-0.1, -0.05) is 18.2 Å². The van der Waals surface area contributed by atoms with Crippen LogP contribution in [0.2, 0.25) is 0 Å². The molecule has 0 aliphatic rings. The Kier molecular flexibility index (Phi) is 5.15. The zero-order chi connectivity index (χ0) is 14.5. The summed E-state index contributed by atoms with van der Waals surface area (Å²) in [5.41, 5.74) is 7.74. The minimum atomic E-state index is -0.252. The van der Waals surface area contributed by atoms with E-state index < -0.39 is 0 Å². The van der Waals surface area contributed by atoms with Crippen molar-refractivity contribution >= 4 is 15.9 Å². The van der Waals surface area contributed by atoms with Crippen molar-refractivity contribution in [3.05, 3.63) is 63.9 Å². The van der Waals surface area contributed by atoms with Crippen LogP contribution >= 0.6 is 15.9 Å². The molecule has 20 heavy (non-hydrogen) atoms. The van der Waals surface area contributed by atoms with Crippen molar-refractivity contribution in [1.82, 2.24) is 0 Å². The summed E-state index contributed by atoms with van der Waals surface area (Å²) < 4.78 is 19.6. The van der Waals surface area contributed by atoms with Gasteiger partial charge in [0.15, 0.2) is 0 Å². The molecule has 0 aromatic heterocycles. The highest BCUT2D eigenvalue weighted by Crippen LogP contribution is 2.27. The Morgan fingerprint density at radius 1 is 1.20 bits per heavy atom. The topological polar surface area (TPSA) is 35.2 Å². The third-order valence-electron chi connectivity index (χ3n) is 2.84. The Hall–Kier alpha value is -1.39. The van der Waals surface area contributed by atoms with E-state index in [2.05, 4.69) is 15.9 Å². The van der Waals surface area contributed by atoms with Gasteiger partial charge >= 0.3 is 0 Å². The third kappa shape index (κ3) is 4.32. The Labute approximate surface area is 126 Å². The van der Waals surface area contributed by atoms with E-state index in [1.807, 2.05) is 31.2 Å². The van der Waals surface area contributed by atoms with Crippen LogP contribution in [0.4, 0.5) is 4.39 Å². The number of halogens is 2. The molecule has 0 radical (unpaired) electrons. The van der Waals surface area contributed by atoms with E-state index in [1.54, 1.807) is 6.07 Å². The maximum Gasteiger partial charge on any atom is 0.134 e. The van der Waals surface area contributed by atoms with Crippen molar-refractivity contribution in [3.63, 3.8) is 0 Å². The van der Waals surface area contributed by atoms with Gasteiger partial charge < -0.3 is 10.5 Å². The number of nitrogens with two attached hydrogens (primary N) is 1. The molecule has 2 aromatic carbocycles. The van der Waals surface area contributed by atoms with Crippen LogP contribution in [-0.4, -0.2) is 6.04 Å². The highest BCUT2D eigenvalue weighted by Gasteiger charge is 2.05. The maximum atomic E-state index is 13.1. The average Bonchev–Trinajstić information content (AvgIpc) is 2.37. The molecular weight excluding hydrogens is 321 g/mol. The summed E-state index contributed by atoms with van der Waals surface area (Å²) in [6, 6.07) is 12.4. The van der Waals surface area contributed by atoms with Gasteiger partial charge in [-0.25, -0.2) is 4.39 Å². The lowest BCUT2D eigenvalue weighted by molar-refractivity contribution is 0.303. The number of benzene rings is 2. The van der Waals surface area contributed by atoms with Crippen LogP contribution in [0.25, 0.3) is 0 Å². The molecule has 1 atom stereocenters. The van der Waals surface area contributed by atoms with Crippen LogP contribution < -0.4 is 10.5 Å². The van der Waals surface area contributed by atoms with Gasteiger partial charge in [0.05, 0.1) is 4.47 Å². The number of ether oxygens (including phenoxy) is 1. The molecule has 0 amide bonds. The molecular formula is C16H17BrFNO. The van der Waals surface area contributed by atoms with Crippen molar-refractivity contribution in [2.75, 3.05) is 0 Å². The largest absolute Gasteiger partial charge is 0.488 e. The normalized spacial score (nSPS) is 12.2. The lowest BCUT2D eigenvalue weighted by Crippen LogP contribution is -2.17. The van der Waals surface area contributed by atoms with Gasteiger partial charge in [0, 0.05) is 6.04 Å². The van der Waals surface area contributed by atoms with Gasteiger partial charge in [-0.2, -0.15) is 0 Å². The van der Waals surface area contributed by atoms with E-state index in [0.29, 0.717) is 6.61 Å². The molecule has 1 unspecified atom stereocenters. The van der Waals surface area contributed by atoms with Crippen molar-refractivity contribution in [2.45, 2.75) is 26.0 Å². The van der Waals surface area contributed by atoms with Gasteiger partial charge in [-0.05, 0) is 64.7 Å². The minimum absolute atomic E-state index is 0.126. The predicted octanol–water partition coefficient (Wildman–Crippen LogP) is 4.06. The van der Waals surface area contributed by atoms with Gasteiger partial charge in [-0.3, -0.25) is 0 Å². The quantitative estimate of drug-likeness (QED) is 0.892. The van der Waals surface area contributed by atoms with Crippen LogP contribution in [-0.2, 0) is 13.0 Å². The summed E-state index contributed by atoms with van der Waals surface area (Å²) in [4.78, 5) is 0. The first kappa shape index (κ1) is 15.0. The number of rotatable bonds is 5. The van der Waals surface area contributed by atoms with Crippen molar-refractivity contribution in [3.8, 4) is 5.75 Å². The molecule has 4 heteroatoms. The fourth-order valence-corrected chi connectivity index (χ4v) is 2.49. The van der Waals surface area contributed by atoms with Crippen LogP contribution in [0.3, 0.4) is 0 Å². The number of hydrogen-bond donors (Lipinski definition) is 1. The first-order valence-corrected chi connectivity index (χ1v) is 7.25. The minimum Gasteiger partial charge on any atom is -0.488 e. The maximum absolute atomic E-state index is 13.1. The monoisotopic (exact) mass is 337 g/mol. The highest BCUT2D eigenvalue weighted by atomic mass is 79.9. The molecule has 2 aromatic rings. The zero-order valence-electron chi connectivity index (χ0n) is 11.3. The average molecular weight is 338 g/mol. The molecule has 2 rings (SSSR count). The molecule has 0 heterocycles. The van der Waals surface area contributed by atoms with Crippen LogP contribution in [0.5, 0.6) is 5.75 Å². The zero-order valence-corrected chi connectivity index (χ0v) is 12.9. The van der Waals surface area contributed by atoms with E-state index in [9.17, 15) is 4.39 Å². The molecule has 0 aliphatic carbocycles. The van der Waals surface area contributed by atoms with Crippen LogP contribution in [0.15, 0.2) is 46.9 Å². The van der Waals surface area contributed by atoms with Crippen molar-refractivity contribution < 1.29 is 9.13 Å². The van der Waals surface area contributed by atoms with Gasteiger partial charge in [0.2, 0.25) is 0 Å². The molecule has 2 nitrogen and oxygen atoms in total. The van der Waals surface area contributed by atoms with Crippen LogP contribution in [0.1, 0.15) is 18.1 Å². The third-order valence-corrected chi connectivity index (χ3v) is 3.46. The molecule has 2 N–H and O–H groups in total. The van der Waals surface area contributed by atoms with E-state index in [-0.39, 0.29) is 11.9 Å². The van der Waals surface area contributed by atoms with E-state index in [0.717, 1.165) is 27.8 Å². The second kappa shape index (κ2) is 6.86. The Balaban J connectivity index is 2.03. The number of hydrogen-bond acceptors (Lipinski definition) is 2.